The van der Waals surface area contributed by atoms with E-state index in [1.165, 1.54) is 4.90 Å². The summed E-state index contributed by atoms with van der Waals surface area (Å²) in [4.78, 5) is 67.6. The molecule has 11 nitrogen and oxygen atoms in total. The molecule has 1 aliphatic heterocycles. The minimum absolute atomic E-state index is 0.166. The van der Waals surface area contributed by atoms with Gasteiger partial charge in [-0.2, -0.15) is 0 Å². The van der Waals surface area contributed by atoms with Crippen LogP contribution in [0.2, 0.25) is 0 Å². The fraction of sp³-hybridized carbons (Fsp3) is 0.382. The van der Waals surface area contributed by atoms with Gasteiger partial charge in [0.25, 0.3) is 5.91 Å². The first-order chi connectivity index (χ1) is 21.2. The van der Waals surface area contributed by atoms with E-state index in [0.717, 1.165) is 21.9 Å². The molecule has 1 aliphatic rings. The fourth-order valence-corrected chi connectivity index (χ4v) is 5.26. The van der Waals surface area contributed by atoms with E-state index < -0.39 is 47.3 Å². The number of esters is 1. The largest absolute Gasteiger partial charge is 0.481 e. The number of hydrogen-bond acceptors (Lipinski definition) is 7. The number of nitrogens with one attached hydrogen (secondary N) is 2. The minimum Gasteiger partial charge on any atom is -0.481 e. The summed E-state index contributed by atoms with van der Waals surface area (Å²) < 4.78 is 5.30. The molecule has 4 rings (SSSR count). The molecule has 45 heavy (non-hydrogen) atoms. The molecule has 3 N–H and O–H groups in total. The summed E-state index contributed by atoms with van der Waals surface area (Å²) in [6.07, 6.45) is -0.665. The molecule has 0 saturated carbocycles. The molecule has 0 fully saturated rings. The van der Waals surface area contributed by atoms with Crippen molar-refractivity contribution in [2.75, 3.05) is 22.9 Å². The number of aliphatic carboxylic acids is 1. The van der Waals surface area contributed by atoms with Crippen molar-refractivity contribution in [3.05, 3.63) is 71.8 Å². The Kier molecular flexibility index (Phi) is 10.2. The number of anilines is 2. The lowest BCUT2D eigenvalue weighted by molar-refractivity contribution is -0.153. The summed E-state index contributed by atoms with van der Waals surface area (Å²) in [6, 6.07) is 16.8. The van der Waals surface area contributed by atoms with Crippen molar-refractivity contribution in [1.82, 2.24) is 10.6 Å². The minimum atomic E-state index is -1.17. The first kappa shape index (κ1) is 33.1. The Morgan fingerprint density at radius 1 is 0.978 bits per heavy atom. The quantitative estimate of drug-likeness (QED) is 0.293. The van der Waals surface area contributed by atoms with Gasteiger partial charge in [0, 0.05) is 6.42 Å². The summed E-state index contributed by atoms with van der Waals surface area (Å²) >= 11 is 0. The first-order valence-electron chi connectivity index (χ1n) is 14.9. The van der Waals surface area contributed by atoms with Crippen LogP contribution in [0.1, 0.15) is 51.7 Å². The van der Waals surface area contributed by atoms with Crippen LogP contribution in [0, 0.1) is 6.92 Å². The van der Waals surface area contributed by atoms with Crippen LogP contribution in [0.4, 0.5) is 11.4 Å². The van der Waals surface area contributed by atoms with E-state index in [0.29, 0.717) is 11.4 Å². The molecule has 3 aromatic rings. The number of para-hydroxylation sites is 2. The van der Waals surface area contributed by atoms with Gasteiger partial charge in [0.15, 0.2) is 0 Å². The summed E-state index contributed by atoms with van der Waals surface area (Å²) in [5, 5.41) is 16.8. The Balaban J connectivity index is 1.68. The Labute approximate surface area is 262 Å². The predicted molar refractivity (Wildman–Crippen MR) is 171 cm³/mol. The van der Waals surface area contributed by atoms with Gasteiger partial charge in [-0.25, -0.2) is 0 Å². The van der Waals surface area contributed by atoms with Gasteiger partial charge < -0.3 is 25.0 Å². The standard InChI is InChI=1S/C34H40N4O7/c1-21-14-15-23-10-6-7-11-24(23)25(21)19-38-28-13-9-8-12-27(28)37(29(39)16-17-30(40)41)20-26(33(38)44)36-32(43)22(2)35-18-31(42)45-34(3,4)5/h6-15,22,26,35H,16-20H2,1-5H3,(H,36,43)(H,40,41). The lowest BCUT2D eigenvalue weighted by Gasteiger charge is -2.27. The predicted octanol–water partition coefficient (Wildman–Crippen LogP) is 3.70. The summed E-state index contributed by atoms with van der Waals surface area (Å²) in [5.41, 5.74) is 2.10. The molecule has 1 heterocycles. The number of carbonyl (C=O) groups is 5. The summed E-state index contributed by atoms with van der Waals surface area (Å²) in [7, 11) is 0. The van der Waals surface area contributed by atoms with Gasteiger partial charge in [-0.3, -0.25) is 29.3 Å². The Hall–Kier alpha value is -4.77. The van der Waals surface area contributed by atoms with E-state index in [1.807, 2.05) is 43.3 Å². The average molecular weight is 617 g/mol. The van der Waals surface area contributed by atoms with Crippen LogP contribution in [0.15, 0.2) is 60.7 Å². The number of aryl methyl sites for hydroxylation is 1. The average Bonchev–Trinajstić information content (AvgIpc) is 3.09. The van der Waals surface area contributed by atoms with Crippen molar-refractivity contribution in [1.29, 1.82) is 0 Å². The number of benzene rings is 3. The second-order valence-corrected chi connectivity index (χ2v) is 12.1. The van der Waals surface area contributed by atoms with Crippen LogP contribution >= 0.6 is 0 Å². The molecule has 0 saturated heterocycles. The number of hydrogen-bond donors (Lipinski definition) is 3. The van der Waals surface area contributed by atoms with E-state index in [2.05, 4.69) is 10.6 Å². The number of fused-ring (bicyclic) bond motifs is 2. The van der Waals surface area contributed by atoms with Crippen LogP contribution in [-0.2, 0) is 35.3 Å². The molecular weight excluding hydrogens is 576 g/mol. The van der Waals surface area contributed by atoms with Crippen LogP contribution in [0.5, 0.6) is 0 Å². The highest BCUT2D eigenvalue weighted by Crippen LogP contribution is 2.36. The van der Waals surface area contributed by atoms with Gasteiger partial charge in [0.2, 0.25) is 11.8 Å². The molecule has 3 amide bonds. The van der Waals surface area contributed by atoms with E-state index in [-0.39, 0.29) is 32.5 Å². The maximum Gasteiger partial charge on any atom is 0.320 e. The van der Waals surface area contributed by atoms with Crippen molar-refractivity contribution in [3.8, 4) is 0 Å². The lowest BCUT2D eigenvalue weighted by atomic mass is 9.99. The Bertz CT molecular complexity index is 1610. The van der Waals surface area contributed by atoms with Crippen LogP contribution in [0.25, 0.3) is 10.8 Å². The smallest absolute Gasteiger partial charge is 0.320 e. The van der Waals surface area contributed by atoms with Crippen LogP contribution in [0.3, 0.4) is 0 Å². The monoisotopic (exact) mass is 616 g/mol. The highest BCUT2D eigenvalue weighted by atomic mass is 16.6. The van der Waals surface area contributed by atoms with Gasteiger partial charge in [-0.1, -0.05) is 48.5 Å². The number of carbonyl (C=O) groups excluding carboxylic acids is 4. The third-order valence-corrected chi connectivity index (χ3v) is 7.52. The van der Waals surface area contributed by atoms with Crippen molar-refractivity contribution in [2.24, 2.45) is 0 Å². The van der Waals surface area contributed by atoms with Crippen molar-refractivity contribution in [3.63, 3.8) is 0 Å². The normalized spacial score (nSPS) is 15.7. The van der Waals surface area contributed by atoms with E-state index >= 15 is 0 Å². The molecule has 0 aliphatic carbocycles. The topological polar surface area (TPSA) is 145 Å². The van der Waals surface area contributed by atoms with E-state index in [4.69, 9.17) is 4.74 Å². The number of rotatable bonds is 10. The SMILES string of the molecule is Cc1ccc2ccccc2c1CN1C(=O)C(NC(=O)C(C)NCC(=O)OC(C)(C)C)CN(C(=O)CCC(=O)O)c2ccccc21. The van der Waals surface area contributed by atoms with Crippen molar-refractivity contribution >= 4 is 51.8 Å². The van der Waals surface area contributed by atoms with Gasteiger partial charge in [-0.05, 0) is 68.7 Å². The lowest BCUT2D eigenvalue weighted by Crippen LogP contribution is -2.56. The van der Waals surface area contributed by atoms with Crippen molar-refractivity contribution in [2.45, 2.75) is 71.7 Å². The maximum atomic E-state index is 14.4. The zero-order valence-corrected chi connectivity index (χ0v) is 26.3. The second-order valence-electron chi connectivity index (χ2n) is 12.1. The second kappa shape index (κ2) is 13.9. The fourth-order valence-electron chi connectivity index (χ4n) is 5.26. The highest BCUT2D eigenvalue weighted by molar-refractivity contribution is 6.08. The summed E-state index contributed by atoms with van der Waals surface area (Å²) in [6.45, 7) is 8.49. The molecule has 0 aromatic heterocycles. The van der Waals surface area contributed by atoms with Crippen LogP contribution < -0.4 is 20.4 Å². The maximum absolute atomic E-state index is 14.4. The molecule has 11 heteroatoms. The first-order valence-corrected chi connectivity index (χ1v) is 14.9. The van der Waals surface area contributed by atoms with Gasteiger partial charge in [-0.15, -0.1) is 0 Å². The van der Waals surface area contributed by atoms with Crippen LogP contribution in [-0.4, -0.2) is 65.5 Å². The molecule has 2 unspecified atom stereocenters. The van der Waals surface area contributed by atoms with E-state index in [9.17, 15) is 29.1 Å². The third-order valence-electron chi connectivity index (χ3n) is 7.52. The molecule has 0 radical (unpaired) electrons. The number of carboxylic acid groups (broad SMARTS) is 1. The van der Waals surface area contributed by atoms with E-state index in [1.54, 1.807) is 56.9 Å². The number of ether oxygens (including phenoxy) is 1. The Morgan fingerprint density at radius 2 is 1.64 bits per heavy atom. The zero-order chi connectivity index (χ0) is 32.9. The number of nitrogens with zero attached hydrogens (tertiary/aromatic N) is 2. The number of amides is 3. The molecule has 3 aromatic carbocycles. The number of carboxylic acids is 1. The molecule has 238 valence electrons. The molecular formula is C34H40N4O7. The molecule has 2 atom stereocenters. The van der Waals surface area contributed by atoms with Gasteiger partial charge >= 0.3 is 11.9 Å². The van der Waals surface area contributed by atoms with Crippen molar-refractivity contribution < 1.29 is 33.8 Å². The van der Waals surface area contributed by atoms with Gasteiger partial charge in [0.1, 0.15) is 11.6 Å². The highest BCUT2D eigenvalue weighted by Gasteiger charge is 2.37. The molecule has 0 bridgehead atoms. The summed E-state index contributed by atoms with van der Waals surface area (Å²) in [5.74, 6) is -3.13. The Morgan fingerprint density at radius 3 is 2.33 bits per heavy atom. The zero-order valence-electron chi connectivity index (χ0n) is 26.3. The molecule has 0 spiro atoms. The third kappa shape index (κ3) is 8.24. The van der Waals surface area contributed by atoms with Gasteiger partial charge in [0.05, 0.1) is 43.5 Å².